The van der Waals surface area contributed by atoms with Gasteiger partial charge in [0.2, 0.25) is 0 Å². The van der Waals surface area contributed by atoms with Gasteiger partial charge in [0, 0.05) is 0 Å². The van der Waals surface area contributed by atoms with Crippen molar-refractivity contribution in [3.05, 3.63) is 12.7 Å². The summed E-state index contributed by atoms with van der Waals surface area (Å²) in [6.07, 6.45) is 6.51. The molecule has 1 rings (SSSR count). The summed E-state index contributed by atoms with van der Waals surface area (Å²) in [4.78, 5) is 0. The highest BCUT2D eigenvalue weighted by atomic mass is 28.4. The van der Waals surface area contributed by atoms with Crippen molar-refractivity contribution >= 4 is 8.32 Å². The Bertz CT molecular complexity index is 360. The summed E-state index contributed by atoms with van der Waals surface area (Å²) in [5, 5.41) is 0. The third-order valence-electron chi connectivity index (χ3n) is 4.17. The molecule has 1 aliphatic heterocycles. The Morgan fingerprint density at radius 2 is 1.85 bits per heavy atom. The van der Waals surface area contributed by atoms with Crippen molar-refractivity contribution in [3.63, 3.8) is 0 Å². The predicted octanol–water partition coefficient (Wildman–Crippen LogP) is 3.72. The zero-order chi connectivity index (χ0) is 15.4. The van der Waals surface area contributed by atoms with E-state index in [-0.39, 0.29) is 18.3 Å². The van der Waals surface area contributed by atoms with Gasteiger partial charge in [-0.05, 0) is 32.0 Å². The van der Waals surface area contributed by atoms with Gasteiger partial charge >= 0.3 is 0 Å². The lowest BCUT2D eigenvalue weighted by Crippen LogP contribution is -2.46. The maximum atomic E-state index is 6.46. The lowest BCUT2D eigenvalue weighted by atomic mass is 10.1. The van der Waals surface area contributed by atoms with Gasteiger partial charge in [0.15, 0.2) is 14.1 Å². The van der Waals surface area contributed by atoms with Crippen LogP contribution in [0.5, 0.6) is 0 Å². The molecule has 0 amide bonds. The third kappa shape index (κ3) is 3.73. The van der Waals surface area contributed by atoms with Gasteiger partial charge in [-0.3, -0.25) is 0 Å². The maximum absolute atomic E-state index is 6.46. The number of hydrogen-bond donors (Lipinski definition) is 0. The fourth-order valence-corrected chi connectivity index (χ4v) is 5.50. The van der Waals surface area contributed by atoms with Gasteiger partial charge in [-0.15, -0.1) is 13.0 Å². The van der Waals surface area contributed by atoms with Gasteiger partial charge in [-0.1, -0.05) is 32.8 Å². The molecular formula is C16H28O3Si. The topological polar surface area (TPSA) is 27.7 Å². The lowest BCUT2D eigenvalue weighted by molar-refractivity contribution is -0.149. The second-order valence-electron chi connectivity index (χ2n) is 5.75. The van der Waals surface area contributed by atoms with Gasteiger partial charge in [0.25, 0.3) is 0 Å². The summed E-state index contributed by atoms with van der Waals surface area (Å²) in [7, 11) is -1.73. The summed E-state index contributed by atoms with van der Waals surface area (Å²) in [5.41, 5.74) is 0. The molecule has 0 bridgehead atoms. The van der Waals surface area contributed by atoms with E-state index in [1.54, 1.807) is 0 Å². The van der Waals surface area contributed by atoms with Crippen LogP contribution in [0.1, 0.15) is 34.6 Å². The molecule has 20 heavy (non-hydrogen) atoms. The first-order valence-corrected chi connectivity index (χ1v) is 10.0. The number of rotatable bonds is 7. The summed E-state index contributed by atoms with van der Waals surface area (Å²) in [6.45, 7) is 14.3. The molecule has 1 fully saturated rings. The molecule has 0 aromatic rings. The number of ether oxygens (including phenoxy) is 2. The van der Waals surface area contributed by atoms with Crippen LogP contribution < -0.4 is 0 Å². The third-order valence-corrected chi connectivity index (χ3v) is 8.81. The quantitative estimate of drug-likeness (QED) is 0.407. The second kappa shape index (κ2) is 6.90. The highest BCUT2D eigenvalue weighted by Crippen LogP contribution is 2.33. The number of terminal acetylenes is 1. The van der Waals surface area contributed by atoms with Gasteiger partial charge in [0.1, 0.15) is 12.2 Å². The minimum atomic E-state index is -1.73. The molecule has 1 saturated heterocycles. The van der Waals surface area contributed by atoms with E-state index >= 15 is 0 Å². The molecule has 0 N–H and O–H groups in total. The van der Waals surface area contributed by atoms with E-state index in [9.17, 15) is 0 Å². The Morgan fingerprint density at radius 1 is 1.30 bits per heavy atom. The Hall–Kier alpha value is -0.603. The molecule has 3 nitrogen and oxygen atoms in total. The summed E-state index contributed by atoms with van der Waals surface area (Å²) in [5.74, 6) is 2.00. The molecule has 3 atom stereocenters. The van der Waals surface area contributed by atoms with Crippen molar-refractivity contribution < 1.29 is 13.9 Å². The fraction of sp³-hybridized carbons (Fsp3) is 0.750. The highest BCUT2D eigenvalue weighted by molar-refractivity contribution is 6.73. The Balaban J connectivity index is 2.91. The van der Waals surface area contributed by atoms with E-state index in [0.717, 1.165) is 18.1 Å². The van der Waals surface area contributed by atoms with E-state index in [1.807, 2.05) is 19.9 Å². The van der Waals surface area contributed by atoms with Gasteiger partial charge in [-0.25, -0.2) is 0 Å². The largest absolute Gasteiger partial charge is 0.408 e. The first-order chi connectivity index (χ1) is 9.36. The smallest absolute Gasteiger partial charge is 0.193 e. The Labute approximate surface area is 124 Å². The van der Waals surface area contributed by atoms with Crippen LogP contribution in [0.4, 0.5) is 0 Å². The molecule has 0 aromatic heterocycles. The molecule has 0 aliphatic carbocycles. The van der Waals surface area contributed by atoms with E-state index in [0.29, 0.717) is 0 Å². The van der Waals surface area contributed by atoms with Gasteiger partial charge in [0.05, 0.1) is 6.10 Å². The van der Waals surface area contributed by atoms with Crippen LogP contribution in [0.3, 0.4) is 0 Å². The van der Waals surface area contributed by atoms with Gasteiger partial charge in [-0.2, -0.15) is 0 Å². The Morgan fingerprint density at radius 3 is 2.25 bits per heavy atom. The lowest BCUT2D eigenvalue weighted by Gasteiger charge is -2.34. The molecule has 0 spiro atoms. The Kier molecular flexibility index (Phi) is 6.02. The van der Waals surface area contributed by atoms with Crippen molar-refractivity contribution in [1.82, 2.24) is 0 Å². The van der Waals surface area contributed by atoms with Crippen LogP contribution in [0.15, 0.2) is 12.7 Å². The van der Waals surface area contributed by atoms with Crippen molar-refractivity contribution in [2.45, 2.75) is 76.8 Å². The summed E-state index contributed by atoms with van der Waals surface area (Å²) >= 11 is 0. The first-order valence-electron chi connectivity index (χ1n) is 7.49. The van der Waals surface area contributed by atoms with Gasteiger partial charge < -0.3 is 13.9 Å². The molecule has 1 heterocycles. The van der Waals surface area contributed by atoms with Crippen molar-refractivity contribution in [1.29, 1.82) is 0 Å². The minimum absolute atomic E-state index is 0.204. The molecule has 114 valence electrons. The minimum Gasteiger partial charge on any atom is -0.408 e. The monoisotopic (exact) mass is 296 g/mol. The van der Waals surface area contributed by atoms with Crippen LogP contribution in [0.25, 0.3) is 0 Å². The summed E-state index contributed by atoms with van der Waals surface area (Å²) in [6, 6.07) is 3.26. The molecular weight excluding hydrogens is 268 g/mol. The van der Waals surface area contributed by atoms with Crippen LogP contribution in [-0.2, 0) is 13.9 Å². The van der Waals surface area contributed by atoms with E-state index in [2.05, 4.69) is 33.3 Å². The maximum Gasteiger partial charge on any atom is 0.193 e. The first kappa shape index (κ1) is 17.4. The standard InChI is InChI=1S/C16H28O3Si/c1-8-13-15(18-16(6,7)17-13)14(9-2)19-20(10-3,11-4)12-5/h1,9,13-15H,2,10-12H2,3-7H3/t13-,14-,15-/m1/s1. The molecule has 4 heteroatoms. The molecule has 0 unspecified atom stereocenters. The van der Waals surface area contributed by atoms with E-state index in [1.165, 1.54) is 0 Å². The summed E-state index contributed by atoms with van der Waals surface area (Å²) < 4.78 is 18.1. The average Bonchev–Trinajstić information content (AvgIpc) is 2.76. The molecule has 0 aromatic carbocycles. The zero-order valence-electron chi connectivity index (χ0n) is 13.4. The average molecular weight is 296 g/mol. The van der Waals surface area contributed by atoms with Crippen molar-refractivity contribution in [2.24, 2.45) is 0 Å². The number of hydrogen-bond acceptors (Lipinski definition) is 3. The highest BCUT2D eigenvalue weighted by Gasteiger charge is 2.46. The SMILES string of the molecule is C#C[C@H]1OC(C)(C)O[C@H]1[C@@H](C=C)O[Si](CC)(CC)CC. The molecule has 0 radical (unpaired) electrons. The van der Waals surface area contributed by atoms with E-state index < -0.39 is 14.1 Å². The van der Waals surface area contributed by atoms with E-state index in [4.69, 9.17) is 20.3 Å². The molecule has 1 aliphatic rings. The van der Waals surface area contributed by atoms with Crippen molar-refractivity contribution in [2.75, 3.05) is 0 Å². The normalized spacial score (nSPS) is 27.0. The fourth-order valence-electron chi connectivity index (χ4n) is 2.70. The van der Waals surface area contributed by atoms with Crippen molar-refractivity contribution in [3.8, 4) is 12.3 Å². The zero-order valence-corrected chi connectivity index (χ0v) is 14.4. The van der Waals surface area contributed by atoms with Crippen LogP contribution >= 0.6 is 0 Å². The van der Waals surface area contributed by atoms with Crippen LogP contribution in [0, 0.1) is 12.3 Å². The van der Waals surface area contributed by atoms with Crippen LogP contribution in [-0.4, -0.2) is 32.4 Å². The predicted molar refractivity (Wildman–Crippen MR) is 84.9 cm³/mol. The van der Waals surface area contributed by atoms with Crippen LogP contribution in [0.2, 0.25) is 18.1 Å². The molecule has 0 saturated carbocycles. The second-order valence-corrected chi connectivity index (χ2v) is 10.5.